The highest BCUT2D eigenvalue weighted by atomic mass is 16.5. The molecule has 2 aromatic carbocycles. The highest BCUT2D eigenvalue weighted by Crippen LogP contribution is 2.39. The topological polar surface area (TPSA) is 161 Å². The van der Waals surface area contributed by atoms with Gasteiger partial charge in [-0.1, -0.05) is 36.4 Å². The molecule has 0 bridgehead atoms. The molecule has 1 saturated carbocycles. The minimum atomic E-state index is -0.835. The molecule has 1 aliphatic carbocycles. The standard InChI is InChI=1S/C30H33N5O7/c1-39-12-13-40-27-25-26(33-30(31)34-27)35(18-32-25)23-14-21(16-41-28(37)19-8-4-2-5-9-19)22(15-24(23)36)17-42-29(38)20-10-6-3-7-11-20/h2-11,18,21-24,36H,12-17H2,1H3,(H2,31,33,34)/t21-,22-,23-,24-/m1/s1. The van der Waals surface area contributed by atoms with Gasteiger partial charge in [-0.2, -0.15) is 9.97 Å². The molecule has 1 aliphatic rings. The van der Waals surface area contributed by atoms with Crippen molar-refractivity contribution in [2.45, 2.75) is 25.0 Å². The SMILES string of the molecule is COCCOc1nc(N)nc2c1ncn2[C@@H]1C[C@H](COC(=O)c2ccccc2)[C@@H](COC(=O)c2ccccc2)C[C@H]1O. The van der Waals surface area contributed by atoms with Gasteiger partial charge in [-0.05, 0) is 37.1 Å². The average molecular weight is 576 g/mol. The Bertz CT molecular complexity index is 1500. The van der Waals surface area contributed by atoms with Crippen molar-refractivity contribution in [1.82, 2.24) is 19.5 Å². The van der Waals surface area contributed by atoms with Crippen molar-refractivity contribution in [3.63, 3.8) is 0 Å². The molecule has 0 radical (unpaired) electrons. The minimum absolute atomic E-state index is 0.000933. The zero-order chi connectivity index (χ0) is 29.5. The summed E-state index contributed by atoms with van der Waals surface area (Å²) in [5, 5.41) is 11.3. The highest BCUT2D eigenvalue weighted by molar-refractivity contribution is 5.89. The zero-order valence-corrected chi connectivity index (χ0v) is 23.2. The summed E-state index contributed by atoms with van der Waals surface area (Å²) in [5.74, 6) is -1.21. The maximum absolute atomic E-state index is 12.8. The van der Waals surface area contributed by atoms with Crippen LogP contribution in [0.1, 0.15) is 39.6 Å². The Morgan fingerprint density at radius 3 is 2.10 bits per heavy atom. The molecular formula is C30H33N5O7. The molecule has 1 fully saturated rings. The summed E-state index contributed by atoms with van der Waals surface area (Å²) in [5.41, 5.74) is 7.66. The lowest BCUT2D eigenvalue weighted by atomic mass is 9.76. The number of aromatic nitrogens is 4. The van der Waals surface area contributed by atoms with Crippen LogP contribution < -0.4 is 10.5 Å². The van der Waals surface area contributed by atoms with E-state index in [0.717, 1.165) is 0 Å². The van der Waals surface area contributed by atoms with Crippen LogP contribution >= 0.6 is 0 Å². The number of aliphatic hydroxyl groups is 1. The lowest BCUT2D eigenvalue weighted by molar-refractivity contribution is -0.0294. The summed E-state index contributed by atoms with van der Waals surface area (Å²) in [6, 6.07) is 16.9. The number of hydrogen-bond donors (Lipinski definition) is 2. The van der Waals surface area contributed by atoms with Crippen molar-refractivity contribution in [2.75, 3.05) is 39.3 Å². The van der Waals surface area contributed by atoms with Gasteiger partial charge >= 0.3 is 11.9 Å². The van der Waals surface area contributed by atoms with Gasteiger partial charge in [0.15, 0.2) is 11.2 Å². The molecule has 42 heavy (non-hydrogen) atoms. The van der Waals surface area contributed by atoms with Crippen LogP contribution in [-0.2, 0) is 14.2 Å². The third-order valence-electron chi connectivity index (χ3n) is 7.37. The Hall–Kier alpha value is -4.55. The highest BCUT2D eigenvalue weighted by Gasteiger charge is 2.39. The molecule has 0 saturated heterocycles. The molecule has 0 spiro atoms. The first-order chi connectivity index (χ1) is 20.4. The number of carbonyl (C=O) groups is 2. The third kappa shape index (κ3) is 6.67. The summed E-state index contributed by atoms with van der Waals surface area (Å²) in [4.78, 5) is 38.4. The molecular weight excluding hydrogens is 542 g/mol. The van der Waals surface area contributed by atoms with Crippen LogP contribution in [0.4, 0.5) is 5.95 Å². The van der Waals surface area contributed by atoms with Crippen molar-refractivity contribution in [3.8, 4) is 5.88 Å². The first-order valence-electron chi connectivity index (χ1n) is 13.7. The molecule has 2 aromatic heterocycles. The fourth-order valence-corrected chi connectivity index (χ4v) is 5.18. The second-order valence-electron chi connectivity index (χ2n) is 10.1. The molecule has 5 rings (SSSR count). The van der Waals surface area contributed by atoms with Gasteiger partial charge in [0.2, 0.25) is 11.8 Å². The fraction of sp³-hybridized carbons (Fsp3) is 0.367. The number of aliphatic hydroxyl groups excluding tert-OH is 1. The van der Waals surface area contributed by atoms with E-state index >= 15 is 0 Å². The Labute approximate surface area is 242 Å². The van der Waals surface area contributed by atoms with Crippen molar-refractivity contribution >= 4 is 29.1 Å². The monoisotopic (exact) mass is 575 g/mol. The van der Waals surface area contributed by atoms with E-state index in [4.69, 9.17) is 24.7 Å². The number of nitrogens with two attached hydrogens (primary N) is 1. The Morgan fingerprint density at radius 2 is 1.50 bits per heavy atom. The van der Waals surface area contributed by atoms with Crippen LogP contribution in [-0.4, -0.2) is 76.2 Å². The van der Waals surface area contributed by atoms with Crippen LogP contribution in [0.25, 0.3) is 11.2 Å². The lowest BCUT2D eigenvalue weighted by Gasteiger charge is -2.39. The Kier molecular flexibility index (Phi) is 9.25. The second kappa shape index (κ2) is 13.4. The third-order valence-corrected chi connectivity index (χ3v) is 7.37. The number of anilines is 1. The van der Waals surface area contributed by atoms with Crippen LogP contribution in [0, 0.1) is 11.8 Å². The quantitative estimate of drug-likeness (QED) is 0.200. The van der Waals surface area contributed by atoms with E-state index in [1.165, 1.54) is 0 Å². The molecule has 220 valence electrons. The van der Waals surface area contributed by atoms with Gasteiger partial charge in [0.05, 0.1) is 49.4 Å². The molecule has 12 nitrogen and oxygen atoms in total. The Morgan fingerprint density at radius 1 is 0.905 bits per heavy atom. The fourth-order valence-electron chi connectivity index (χ4n) is 5.18. The van der Waals surface area contributed by atoms with Gasteiger partial charge in [-0.3, -0.25) is 0 Å². The van der Waals surface area contributed by atoms with E-state index in [1.54, 1.807) is 66.5 Å². The first kappa shape index (κ1) is 29.0. The minimum Gasteiger partial charge on any atom is -0.474 e. The molecule has 2 heterocycles. The molecule has 0 amide bonds. The number of esters is 2. The van der Waals surface area contributed by atoms with Crippen molar-refractivity contribution in [2.24, 2.45) is 11.8 Å². The summed E-state index contributed by atoms with van der Waals surface area (Å²) >= 11 is 0. The molecule has 3 N–H and O–H groups in total. The number of imidazole rings is 1. The van der Waals surface area contributed by atoms with Gasteiger partial charge in [0, 0.05) is 18.9 Å². The summed E-state index contributed by atoms with van der Waals surface area (Å²) in [7, 11) is 1.57. The van der Waals surface area contributed by atoms with Gasteiger partial charge in [-0.15, -0.1) is 0 Å². The van der Waals surface area contributed by atoms with E-state index in [9.17, 15) is 14.7 Å². The summed E-state index contributed by atoms with van der Waals surface area (Å²) < 4.78 is 23.8. The van der Waals surface area contributed by atoms with Gasteiger partial charge in [0.25, 0.3) is 0 Å². The average Bonchev–Trinajstić information content (AvgIpc) is 3.43. The van der Waals surface area contributed by atoms with Crippen molar-refractivity contribution in [1.29, 1.82) is 0 Å². The van der Waals surface area contributed by atoms with E-state index < -0.39 is 24.1 Å². The van der Waals surface area contributed by atoms with E-state index in [1.807, 2.05) is 12.1 Å². The smallest absolute Gasteiger partial charge is 0.338 e. The number of fused-ring (bicyclic) bond motifs is 1. The first-order valence-corrected chi connectivity index (χ1v) is 13.7. The maximum atomic E-state index is 12.8. The number of carbonyl (C=O) groups excluding carboxylic acids is 2. The molecule has 4 aromatic rings. The van der Waals surface area contributed by atoms with Crippen LogP contribution in [0.2, 0.25) is 0 Å². The second-order valence-corrected chi connectivity index (χ2v) is 10.1. The van der Waals surface area contributed by atoms with Crippen LogP contribution in [0.15, 0.2) is 67.0 Å². The number of rotatable bonds is 11. The normalized spacial score (nSPS) is 20.2. The Balaban J connectivity index is 1.37. The summed E-state index contributed by atoms with van der Waals surface area (Å²) in [6.07, 6.45) is 1.42. The predicted molar refractivity (Wildman–Crippen MR) is 152 cm³/mol. The van der Waals surface area contributed by atoms with Crippen LogP contribution in [0.3, 0.4) is 0 Å². The number of hydrogen-bond acceptors (Lipinski definition) is 11. The number of methoxy groups -OCH3 is 1. The number of nitrogens with zero attached hydrogens (tertiary/aromatic N) is 4. The number of ether oxygens (including phenoxy) is 4. The largest absolute Gasteiger partial charge is 0.474 e. The van der Waals surface area contributed by atoms with E-state index in [0.29, 0.717) is 35.3 Å². The van der Waals surface area contributed by atoms with Gasteiger partial charge < -0.3 is 34.4 Å². The van der Waals surface area contributed by atoms with Crippen molar-refractivity contribution < 1.29 is 33.6 Å². The molecule has 0 aliphatic heterocycles. The van der Waals surface area contributed by atoms with Crippen LogP contribution in [0.5, 0.6) is 5.88 Å². The molecule has 0 unspecified atom stereocenters. The predicted octanol–water partition coefficient (Wildman–Crippen LogP) is 3.08. The summed E-state index contributed by atoms with van der Waals surface area (Å²) in [6.45, 7) is 0.730. The molecule has 4 atom stereocenters. The van der Waals surface area contributed by atoms with E-state index in [-0.39, 0.29) is 49.9 Å². The molecule has 12 heteroatoms. The maximum Gasteiger partial charge on any atom is 0.338 e. The zero-order valence-electron chi connectivity index (χ0n) is 23.2. The van der Waals surface area contributed by atoms with Crippen molar-refractivity contribution in [3.05, 3.63) is 78.1 Å². The van der Waals surface area contributed by atoms with Gasteiger partial charge in [-0.25, -0.2) is 14.6 Å². The van der Waals surface area contributed by atoms with Gasteiger partial charge in [0.1, 0.15) is 6.61 Å². The number of nitrogen functional groups attached to an aromatic ring is 1. The number of benzene rings is 2. The van der Waals surface area contributed by atoms with E-state index in [2.05, 4.69) is 15.0 Å². The lowest BCUT2D eigenvalue weighted by Crippen LogP contribution is -2.41.